The maximum atomic E-state index is 12.2. The van der Waals surface area contributed by atoms with Crippen LogP contribution < -0.4 is 15.1 Å². The second kappa shape index (κ2) is 6.32. The van der Waals surface area contributed by atoms with Crippen LogP contribution >= 0.6 is 0 Å². The van der Waals surface area contributed by atoms with E-state index in [1.165, 1.54) is 6.07 Å². The Morgan fingerprint density at radius 1 is 0.852 bits per heavy atom. The average Bonchev–Trinajstić information content (AvgIpc) is 2.61. The summed E-state index contributed by atoms with van der Waals surface area (Å²) in [6, 6.07) is 18.0. The summed E-state index contributed by atoms with van der Waals surface area (Å²) in [5, 5.41) is 0. The predicted octanol–water partition coefficient (Wildman–Crippen LogP) is 4.38. The molecular formula is C21H16O6. The fourth-order valence-electron chi connectivity index (χ4n) is 2.75. The molecular weight excluding hydrogens is 348 g/mol. The van der Waals surface area contributed by atoms with E-state index in [-0.39, 0.29) is 17.1 Å². The monoisotopic (exact) mass is 364 g/mol. The van der Waals surface area contributed by atoms with Gasteiger partial charge in [-0.3, -0.25) is 0 Å². The summed E-state index contributed by atoms with van der Waals surface area (Å²) < 4.78 is 21.7. The number of esters is 1. The van der Waals surface area contributed by atoms with Gasteiger partial charge >= 0.3 is 11.6 Å². The van der Waals surface area contributed by atoms with Crippen LogP contribution in [0.3, 0.4) is 0 Å². The Morgan fingerprint density at radius 2 is 1.52 bits per heavy atom. The highest BCUT2D eigenvalue weighted by atomic mass is 16.7. The number of carbonyl (C=O) groups is 1. The summed E-state index contributed by atoms with van der Waals surface area (Å²) in [7, 11) is 0. The minimum Gasteiger partial charge on any atom is -0.457 e. The number of hydrogen-bond acceptors (Lipinski definition) is 6. The third-order valence-electron chi connectivity index (χ3n) is 3.93. The van der Waals surface area contributed by atoms with Gasteiger partial charge < -0.3 is 18.6 Å². The quantitative estimate of drug-likeness (QED) is 0.642. The van der Waals surface area contributed by atoms with Gasteiger partial charge in [0.1, 0.15) is 23.0 Å². The van der Waals surface area contributed by atoms with Gasteiger partial charge in [0.15, 0.2) is 5.56 Å². The van der Waals surface area contributed by atoms with Crippen molar-refractivity contribution in [1.82, 2.24) is 0 Å². The molecule has 2 aromatic carbocycles. The van der Waals surface area contributed by atoms with E-state index < -0.39 is 17.4 Å². The molecule has 0 saturated carbocycles. The lowest BCUT2D eigenvalue weighted by molar-refractivity contribution is -0.128. The van der Waals surface area contributed by atoms with Crippen LogP contribution in [-0.2, 0) is 4.74 Å². The summed E-state index contributed by atoms with van der Waals surface area (Å²) in [6.07, 6.45) is 0. The van der Waals surface area contributed by atoms with Crippen molar-refractivity contribution < 1.29 is 23.4 Å². The molecule has 0 N–H and O–H groups in total. The Balaban J connectivity index is 1.65. The number of ether oxygens (including phenoxy) is 3. The summed E-state index contributed by atoms with van der Waals surface area (Å²) in [6.45, 7) is 3.19. The number of rotatable bonds is 3. The zero-order valence-corrected chi connectivity index (χ0v) is 14.7. The first-order chi connectivity index (χ1) is 12.9. The van der Waals surface area contributed by atoms with Crippen molar-refractivity contribution in [2.75, 3.05) is 0 Å². The van der Waals surface area contributed by atoms with Crippen LogP contribution in [0.15, 0.2) is 69.9 Å². The topological polar surface area (TPSA) is 75.0 Å². The Kier molecular flexibility index (Phi) is 3.96. The first-order valence-corrected chi connectivity index (χ1v) is 8.35. The molecule has 0 bridgehead atoms. The lowest BCUT2D eigenvalue weighted by atomic mass is 10.1. The fraction of sp³-hybridized carbons (Fsp3) is 0.143. The van der Waals surface area contributed by atoms with E-state index in [9.17, 15) is 9.59 Å². The predicted molar refractivity (Wildman–Crippen MR) is 97.1 cm³/mol. The summed E-state index contributed by atoms with van der Waals surface area (Å²) in [5.74, 6) is -0.107. The van der Waals surface area contributed by atoms with Gasteiger partial charge in [-0.05, 0) is 36.4 Å². The maximum absolute atomic E-state index is 12.2. The van der Waals surface area contributed by atoms with E-state index >= 15 is 0 Å². The second-order valence-corrected chi connectivity index (χ2v) is 6.47. The number of para-hydroxylation sites is 1. The minimum absolute atomic E-state index is 0.145. The lowest BCUT2D eigenvalue weighted by Crippen LogP contribution is -2.41. The highest BCUT2D eigenvalue weighted by molar-refractivity contribution is 5.93. The van der Waals surface area contributed by atoms with E-state index in [4.69, 9.17) is 18.6 Å². The van der Waals surface area contributed by atoms with Gasteiger partial charge in [0.05, 0.1) is 0 Å². The Hall–Kier alpha value is -3.54. The lowest BCUT2D eigenvalue weighted by Gasteiger charge is -2.30. The number of benzene rings is 2. The van der Waals surface area contributed by atoms with Crippen molar-refractivity contribution in [2.45, 2.75) is 19.6 Å². The summed E-state index contributed by atoms with van der Waals surface area (Å²) in [5.41, 5.74) is -0.384. The van der Waals surface area contributed by atoms with Gasteiger partial charge in [-0.25, -0.2) is 9.59 Å². The van der Waals surface area contributed by atoms with E-state index in [2.05, 4.69) is 0 Å². The molecule has 2 heterocycles. The summed E-state index contributed by atoms with van der Waals surface area (Å²) >= 11 is 0. The van der Waals surface area contributed by atoms with Crippen molar-refractivity contribution in [1.29, 1.82) is 0 Å². The molecule has 3 aromatic rings. The van der Waals surface area contributed by atoms with E-state index in [1.54, 1.807) is 38.1 Å². The third kappa shape index (κ3) is 3.42. The molecule has 0 saturated heterocycles. The Bertz CT molecular complexity index is 1050. The molecule has 4 rings (SSSR count). The van der Waals surface area contributed by atoms with Crippen molar-refractivity contribution in [3.8, 4) is 28.6 Å². The largest absolute Gasteiger partial charge is 0.457 e. The van der Waals surface area contributed by atoms with Crippen molar-refractivity contribution in [3.05, 3.63) is 76.6 Å². The number of hydrogen-bond donors (Lipinski definition) is 0. The Labute approximate surface area is 154 Å². The van der Waals surface area contributed by atoms with Crippen LogP contribution in [0.2, 0.25) is 0 Å². The van der Waals surface area contributed by atoms with E-state index in [0.717, 1.165) is 5.75 Å². The molecule has 1 aromatic heterocycles. The van der Waals surface area contributed by atoms with Gasteiger partial charge in [0.2, 0.25) is 5.79 Å². The molecule has 0 fully saturated rings. The maximum Gasteiger partial charge on any atom is 0.354 e. The molecule has 0 unspecified atom stereocenters. The highest BCUT2D eigenvalue weighted by Crippen LogP contribution is 2.33. The van der Waals surface area contributed by atoms with Crippen molar-refractivity contribution in [2.24, 2.45) is 0 Å². The molecule has 0 atom stereocenters. The van der Waals surface area contributed by atoms with Gasteiger partial charge in [0, 0.05) is 25.5 Å². The fourth-order valence-corrected chi connectivity index (χ4v) is 2.75. The molecule has 0 amide bonds. The van der Waals surface area contributed by atoms with Crippen LogP contribution in [0.25, 0.3) is 11.3 Å². The number of cyclic esters (lactones) is 1. The normalized spacial score (nSPS) is 14.7. The molecule has 6 nitrogen and oxygen atoms in total. The first-order valence-electron chi connectivity index (χ1n) is 8.35. The smallest absolute Gasteiger partial charge is 0.354 e. The van der Waals surface area contributed by atoms with Crippen molar-refractivity contribution in [3.63, 3.8) is 0 Å². The zero-order chi connectivity index (χ0) is 19.0. The van der Waals surface area contributed by atoms with Crippen molar-refractivity contribution >= 4 is 5.97 Å². The average molecular weight is 364 g/mol. The third-order valence-corrected chi connectivity index (χ3v) is 3.93. The molecule has 27 heavy (non-hydrogen) atoms. The Morgan fingerprint density at radius 3 is 2.22 bits per heavy atom. The standard InChI is InChI=1S/C21H16O6/c1-21(2)26-17-12-16(25-19(22)18(17)20(23)27-21)13-8-10-15(11-9-13)24-14-6-4-3-5-7-14/h3-12H,1-2H3. The van der Waals surface area contributed by atoms with Crippen LogP contribution in [0.1, 0.15) is 24.2 Å². The number of carbonyl (C=O) groups excluding carboxylic acids is 1. The van der Waals surface area contributed by atoms with Gasteiger partial charge in [-0.1, -0.05) is 18.2 Å². The highest BCUT2D eigenvalue weighted by Gasteiger charge is 2.37. The molecule has 6 heteroatoms. The molecule has 136 valence electrons. The van der Waals surface area contributed by atoms with Crippen LogP contribution in [0, 0.1) is 0 Å². The van der Waals surface area contributed by atoms with E-state index in [1.807, 2.05) is 30.3 Å². The first kappa shape index (κ1) is 16.9. The SMILES string of the molecule is CC1(C)OC(=O)c2c(cc(-c3ccc(Oc4ccccc4)cc3)oc2=O)O1. The molecule has 0 aliphatic carbocycles. The number of fused-ring (bicyclic) bond motifs is 1. The zero-order valence-electron chi connectivity index (χ0n) is 14.7. The van der Waals surface area contributed by atoms with Gasteiger partial charge in [-0.15, -0.1) is 0 Å². The van der Waals surface area contributed by atoms with Crippen LogP contribution in [0.5, 0.6) is 17.2 Å². The molecule has 0 spiro atoms. The minimum atomic E-state index is -1.15. The van der Waals surface area contributed by atoms with Crippen LogP contribution in [-0.4, -0.2) is 11.8 Å². The van der Waals surface area contributed by atoms with E-state index in [0.29, 0.717) is 11.3 Å². The second-order valence-electron chi connectivity index (χ2n) is 6.47. The van der Waals surface area contributed by atoms with Crippen LogP contribution in [0.4, 0.5) is 0 Å². The summed E-state index contributed by atoms with van der Waals surface area (Å²) in [4.78, 5) is 24.2. The molecule has 1 aliphatic heterocycles. The molecule has 1 aliphatic rings. The van der Waals surface area contributed by atoms with Gasteiger partial charge in [-0.2, -0.15) is 0 Å². The molecule has 0 radical (unpaired) electrons. The van der Waals surface area contributed by atoms with Gasteiger partial charge in [0.25, 0.3) is 0 Å².